The molecule has 0 saturated carbocycles. The molecule has 0 aliphatic carbocycles. The summed E-state index contributed by atoms with van der Waals surface area (Å²) in [6.07, 6.45) is 5.51. The zero-order valence-corrected chi connectivity index (χ0v) is 17.5. The van der Waals surface area contributed by atoms with Crippen molar-refractivity contribution in [3.8, 4) is 0 Å². The van der Waals surface area contributed by atoms with E-state index in [4.69, 9.17) is 11.6 Å². The second kappa shape index (κ2) is 9.34. The highest BCUT2D eigenvalue weighted by molar-refractivity contribution is 6.31. The molecule has 28 heavy (non-hydrogen) atoms. The number of carbonyl (C=O) groups excluding carboxylic acids is 1. The lowest BCUT2D eigenvalue weighted by molar-refractivity contribution is -0.127. The Morgan fingerprint density at radius 3 is 2.64 bits per heavy atom. The van der Waals surface area contributed by atoms with Gasteiger partial charge in [0.05, 0.1) is 12.2 Å². The normalized spacial score (nSPS) is 15.6. The lowest BCUT2D eigenvalue weighted by Crippen LogP contribution is -2.47. The number of H-pyrrole nitrogens is 1. The minimum absolute atomic E-state index is 0.00478. The van der Waals surface area contributed by atoms with Crippen LogP contribution < -0.4 is 0 Å². The summed E-state index contributed by atoms with van der Waals surface area (Å²) < 4.78 is 1.81. The van der Waals surface area contributed by atoms with E-state index in [1.54, 1.807) is 12.2 Å². The van der Waals surface area contributed by atoms with Crippen molar-refractivity contribution in [2.45, 2.75) is 46.7 Å². The van der Waals surface area contributed by atoms with Crippen molar-refractivity contribution in [1.29, 1.82) is 0 Å². The quantitative estimate of drug-likeness (QED) is 0.715. The fraction of sp³-hybridized carbons (Fsp3) is 0.579. The first kappa shape index (κ1) is 20.5. The second-order valence-corrected chi connectivity index (χ2v) is 7.50. The summed E-state index contributed by atoms with van der Waals surface area (Å²) in [5.41, 5.74) is 1.67. The van der Waals surface area contributed by atoms with Gasteiger partial charge in [0.2, 0.25) is 5.91 Å². The highest BCUT2D eigenvalue weighted by atomic mass is 35.5. The smallest absolute Gasteiger partial charge is 0.246 e. The van der Waals surface area contributed by atoms with Gasteiger partial charge < -0.3 is 4.90 Å². The Bertz CT molecular complexity index is 833. The number of carbonyl (C=O) groups is 1. The number of nitrogens with zero attached hydrogens (tertiary/aromatic N) is 6. The molecule has 2 aromatic heterocycles. The molecule has 3 rings (SSSR count). The van der Waals surface area contributed by atoms with Crippen LogP contribution in [0, 0.1) is 13.8 Å². The van der Waals surface area contributed by atoms with Gasteiger partial charge in [-0.05, 0) is 26.3 Å². The number of rotatable bonds is 7. The molecule has 3 heterocycles. The number of aromatic nitrogens is 5. The summed E-state index contributed by atoms with van der Waals surface area (Å²) in [5.74, 6) is 1.62. The number of aromatic amines is 1. The Labute approximate surface area is 170 Å². The first-order valence-electron chi connectivity index (χ1n) is 9.78. The summed E-state index contributed by atoms with van der Waals surface area (Å²) in [7, 11) is 0. The molecule has 0 radical (unpaired) electrons. The van der Waals surface area contributed by atoms with Crippen LogP contribution in [-0.4, -0.2) is 66.8 Å². The molecule has 1 aliphatic heterocycles. The molecule has 1 aliphatic rings. The third-order valence-corrected chi connectivity index (χ3v) is 5.32. The highest BCUT2D eigenvalue weighted by Crippen LogP contribution is 2.22. The number of unbranched alkanes of at least 4 members (excludes halogenated alkanes) is 1. The van der Waals surface area contributed by atoms with Crippen LogP contribution in [0.2, 0.25) is 5.15 Å². The van der Waals surface area contributed by atoms with Crippen LogP contribution in [0.3, 0.4) is 0 Å². The first-order chi connectivity index (χ1) is 13.5. The van der Waals surface area contributed by atoms with Gasteiger partial charge in [0.25, 0.3) is 0 Å². The van der Waals surface area contributed by atoms with Gasteiger partial charge in [0.1, 0.15) is 11.0 Å². The Hall–Kier alpha value is -2.19. The molecular weight excluding hydrogens is 378 g/mol. The number of hydrogen-bond acceptors (Lipinski definition) is 5. The van der Waals surface area contributed by atoms with Crippen molar-refractivity contribution in [2.24, 2.45) is 0 Å². The minimum Gasteiger partial charge on any atom is -0.337 e. The van der Waals surface area contributed by atoms with E-state index in [1.165, 1.54) is 0 Å². The maximum atomic E-state index is 12.6. The molecule has 1 fully saturated rings. The fourth-order valence-electron chi connectivity index (χ4n) is 3.26. The second-order valence-electron chi connectivity index (χ2n) is 7.14. The molecule has 152 valence electrons. The van der Waals surface area contributed by atoms with Gasteiger partial charge >= 0.3 is 0 Å². The average molecular weight is 406 g/mol. The first-order valence-corrected chi connectivity index (χ1v) is 10.2. The van der Waals surface area contributed by atoms with E-state index < -0.39 is 0 Å². The van der Waals surface area contributed by atoms with Crippen LogP contribution in [0.25, 0.3) is 6.08 Å². The van der Waals surface area contributed by atoms with E-state index in [-0.39, 0.29) is 5.91 Å². The predicted molar refractivity (Wildman–Crippen MR) is 109 cm³/mol. The lowest BCUT2D eigenvalue weighted by atomic mass is 10.2. The highest BCUT2D eigenvalue weighted by Gasteiger charge is 2.21. The largest absolute Gasteiger partial charge is 0.337 e. The van der Waals surface area contributed by atoms with Crippen LogP contribution in [0.5, 0.6) is 0 Å². The maximum Gasteiger partial charge on any atom is 0.246 e. The summed E-state index contributed by atoms with van der Waals surface area (Å²) in [6.45, 7) is 10.4. The number of nitrogens with one attached hydrogen (secondary N) is 1. The molecular formula is C19H28ClN7O. The Kier molecular flexibility index (Phi) is 6.85. The molecule has 0 atom stereocenters. The van der Waals surface area contributed by atoms with E-state index in [9.17, 15) is 4.79 Å². The zero-order valence-electron chi connectivity index (χ0n) is 16.8. The summed E-state index contributed by atoms with van der Waals surface area (Å²) in [4.78, 5) is 21.0. The topological polar surface area (TPSA) is 82.9 Å². The molecule has 0 unspecified atom stereocenters. The van der Waals surface area contributed by atoms with Crippen molar-refractivity contribution < 1.29 is 4.79 Å². The predicted octanol–water partition coefficient (Wildman–Crippen LogP) is 2.43. The van der Waals surface area contributed by atoms with Crippen molar-refractivity contribution in [1.82, 2.24) is 34.8 Å². The number of amides is 1. The van der Waals surface area contributed by atoms with Crippen LogP contribution in [0.15, 0.2) is 6.08 Å². The standard InChI is InChI=1S/C19H28ClN7O/c1-4-5-8-27-19(20)16(14(2)24-27)6-7-18(28)26-11-9-25(10-12-26)13-17-21-15(3)22-23-17/h6-7H,4-5,8-13H2,1-3H3,(H,21,22,23)/b7-6+. The van der Waals surface area contributed by atoms with Crippen molar-refractivity contribution in [2.75, 3.05) is 26.2 Å². The Balaban J connectivity index is 1.53. The lowest BCUT2D eigenvalue weighted by Gasteiger charge is -2.33. The number of aryl methyl sites for hydroxylation is 3. The van der Waals surface area contributed by atoms with Gasteiger partial charge in [-0.15, -0.1) is 0 Å². The number of hydrogen-bond donors (Lipinski definition) is 1. The molecule has 9 heteroatoms. The molecule has 1 amide bonds. The monoisotopic (exact) mass is 405 g/mol. The summed E-state index contributed by atoms with van der Waals surface area (Å²) in [6, 6.07) is 0. The van der Waals surface area contributed by atoms with Gasteiger partial charge in [-0.2, -0.15) is 10.2 Å². The zero-order chi connectivity index (χ0) is 20.1. The maximum absolute atomic E-state index is 12.6. The van der Waals surface area contributed by atoms with Crippen molar-refractivity contribution in [3.63, 3.8) is 0 Å². The third kappa shape index (κ3) is 4.99. The molecule has 2 aromatic rings. The van der Waals surface area contributed by atoms with Crippen LogP contribution in [0.4, 0.5) is 0 Å². The molecule has 0 aromatic carbocycles. The molecule has 8 nitrogen and oxygen atoms in total. The molecule has 0 spiro atoms. The van der Waals surface area contributed by atoms with Crippen LogP contribution in [-0.2, 0) is 17.9 Å². The Morgan fingerprint density at radius 1 is 1.25 bits per heavy atom. The van der Waals surface area contributed by atoms with Gasteiger partial charge in [-0.1, -0.05) is 24.9 Å². The Morgan fingerprint density at radius 2 is 2.00 bits per heavy atom. The average Bonchev–Trinajstić information content (AvgIpc) is 3.21. The minimum atomic E-state index is 0.00478. The van der Waals surface area contributed by atoms with Crippen molar-refractivity contribution in [3.05, 3.63) is 34.1 Å². The molecule has 0 bridgehead atoms. The number of halogens is 1. The van der Waals surface area contributed by atoms with Crippen LogP contribution >= 0.6 is 11.6 Å². The fourth-order valence-corrected chi connectivity index (χ4v) is 3.58. The van der Waals surface area contributed by atoms with Gasteiger partial charge in [-0.25, -0.2) is 4.98 Å². The van der Waals surface area contributed by atoms with Crippen LogP contribution in [0.1, 0.15) is 42.7 Å². The van der Waals surface area contributed by atoms with E-state index in [0.717, 1.165) is 55.4 Å². The third-order valence-electron chi connectivity index (χ3n) is 4.92. The van der Waals surface area contributed by atoms with Gasteiger partial charge in [0.15, 0.2) is 5.82 Å². The van der Waals surface area contributed by atoms with Gasteiger partial charge in [-0.3, -0.25) is 19.5 Å². The number of piperazine rings is 1. The van der Waals surface area contributed by atoms with E-state index in [1.807, 2.05) is 23.4 Å². The van der Waals surface area contributed by atoms with Gasteiger partial charge in [0, 0.05) is 44.4 Å². The van der Waals surface area contributed by atoms with Crippen molar-refractivity contribution >= 4 is 23.6 Å². The van der Waals surface area contributed by atoms with E-state index >= 15 is 0 Å². The van der Waals surface area contributed by atoms with E-state index in [2.05, 4.69) is 32.1 Å². The molecule has 1 saturated heterocycles. The molecule has 1 N–H and O–H groups in total. The SMILES string of the molecule is CCCCn1nc(C)c(/C=C/C(=O)N2CCN(Cc3n[nH]c(C)n3)CC2)c1Cl. The summed E-state index contributed by atoms with van der Waals surface area (Å²) >= 11 is 6.44. The summed E-state index contributed by atoms with van der Waals surface area (Å²) in [5, 5.41) is 12.1. The van der Waals surface area contributed by atoms with E-state index in [0.29, 0.717) is 24.8 Å².